The maximum atomic E-state index is 6.03. The molecule has 2 aromatic rings. The molecule has 2 N–H and O–H groups in total. The lowest BCUT2D eigenvalue weighted by Crippen LogP contribution is -2.05. The van der Waals surface area contributed by atoms with Gasteiger partial charge in [0.25, 0.3) is 0 Å². The molecule has 0 heterocycles. The number of hydrogen-bond donors (Lipinski definition) is 1. The Morgan fingerprint density at radius 3 is 2.57 bits per heavy atom. The van der Waals surface area contributed by atoms with Gasteiger partial charge in [-0.15, -0.1) is 0 Å². The molecule has 112 valence electrons. The van der Waals surface area contributed by atoms with Crippen molar-refractivity contribution in [1.82, 2.24) is 0 Å². The number of hydrogen-bond acceptors (Lipinski definition) is 4. The Balaban J connectivity index is 2.22. The van der Waals surface area contributed by atoms with Crippen LogP contribution < -0.4 is 19.9 Å². The van der Waals surface area contributed by atoms with E-state index in [2.05, 4.69) is 0 Å². The molecule has 0 bridgehead atoms. The van der Waals surface area contributed by atoms with Crippen molar-refractivity contribution in [3.63, 3.8) is 0 Å². The van der Waals surface area contributed by atoms with Gasteiger partial charge in [-0.05, 0) is 23.8 Å². The van der Waals surface area contributed by atoms with E-state index < -0.39 is 0 Å². The van der Waals surface area contributed by atoms with Gasteiger partial charge >= 0.3 is 0 Å². The van der Waals surface area contributed by atoms with Crippen molar-refractivity contribution < 1.29 is 14.2 Å². The van der Waals surface area contributed by atoms with Crippen LogP contribution in [0.5, 0.6) is 17.2 Å². The highest BCUT2D eigenvalue weighted by Gasteiger charge is 2.12. The van der Waals surface area contributed by atoms with E-state index in [0.717, 1.165) is 16.9 Å². The van der Waals surface area contributed by atoms with Crippen LogP contribution in [-0.4, -0.2) is 14.2 Å². The van der Waals surface area contributed by atoms with Gasteiger partial charge in [-0.2, -0.15) is 0 Å². The van der Waals surface area contributed by atoms with E-state index >= 15 is 0 Å². The molecule has 0 aliphatic rings. The van der Waals surface area contributed by atoms with Crippen LogP contribution in [-0.2, 0) is 13.2 Å². The van der Waals surface area contributed by atoms with Crippen molar-refractivity contribution in [3.05, 3.63) is 52.5 Å². The number of benzene rings is 2. The Morgan fingerprint density at radius 2 is 1.90 bits per heavy atom. The van der Waals surface area contributed by atoms with Crippen molar-refractivity contribution in [2.24, 2.45) is 5.73 Å². The Kier molecular flexibility index (Phi) is 5.31. The molecule has 0 aliphatic heterocycles. The zero-order valence-electron chi connectivity index (χ0n) is 12.1. The summed E-state index contributed by atoms with van der Waals surface area (Å²) in [6.07, 6.45) is 0. The van der Waals surface area contributed by atoms with E-state index in [1.807, 2.05) is 24.3 Å². The molecule has 0 saturated heterocycles. The maximum absolute atomic E-state index is 6.03. The fraction of sp³-hybridized carbons (Fsp3) is 0.250. The quantitative estimate of drug-likeness (QED) is 0.888. The van der Waals surface area contributed by atoms with Crippen molar-refractivity contribution in [2.75, 3.05) is 14.2 Å². The average Bonchev–Trinajstić information content (AvgIpc) is 2.52. The summed E-state index contributed by atoms with van der Waals surface area (Å²) < 4.78 is 16.4. The fourth-order valence-corrected chi connectivity index (χ4v) is 2.24. The van der Waals surface area contributed by atoms with Gasteiger partial charge in [-0.25, -0.2) is 0 Å². The predicted molar refractivity (Wildman–Crippen MR) is 83.2 cm³/mol. The topological polar surface area (TPSA) is 53.7 Å². The first-order chi connectivity index (χ1) is 10.2. The molecule has 0 aliphatic carbocycles. The highest BCUT2D eigenvalue weighted by atomic mass is 35.5. The Morgan fingerprint density at radius 1 is 1.10 bits per heavy atom. The molecular formula is C16H18ClNO3. The molecule has 0 aromatic heterocycles. The molecule has 21 heavy (non-hydrogen) atoms. The van der Waals surface area contributed by atoms with Gasteiger partial charge in [0.05, 0.1) is 14.2 Å². The molecule has 5 heteroatoms. The molecule has 4 nitrogen and oxygen atoms in total. The van der Waals surface area contributed by atoms with E-state index in [0.29, 0.717) is 29.7 Å². The largest absolute Gasteiger partial charge is 0.497 e. The van der Waals surface area contributed by atoms with Crippen molar-refractivity contribution in [3.8, 4) is 17.2 Å². The highest BCUT2D eigenvalue weighted by Crippen LogP contribution is 2.35. The summed E-state index contributed by atoms with van der Waals surface area (Å²) in [7, 11) is 3.21. The summed E-state index contributed by atoms with van der Waals surface area (Å²) >= 11 is 6.03. The Labute approximate surface area is 129 Å². The molecule has 0 unspecified atom stereocenters. The van der Waals surface area contributed by atoms with Gasteiger partial charge in [0.2, 0.25) is 0 Å². The van der Waals surface area contributed by atoms with Gasteiger partial charge in [-0.3, -0.25) is 0 Å². The van der Waals surface area contributed by atoms with Gasteiger partial charge in [-0.1, -0.05) is 23.7 Å². The van der Waals surface area contributed by atoms with E-state index in [1.54, 1.807) is 26.4 Å². The lowest BCUT2D eigenvalue weighted by atomic mass is 10.1. The molecule has 2 aromatic carbocycles. The number of rotatable bonds is 6. The minimum Gasteiger partial charge on any atom is -0.497 e. The van der Waals surface area contributed by atoms with Crippen LogP contribution in [0.3, 0.4) is 0 Å². The maximum Gasteiger partial charge on any atom is 0.166 e. The minimum absolute atomic E-state index is 0.324. The highest BCUT2D eigenvalue weighted by molar-refractivity contribution is 6.30. The number of ether oxygens (including phenoxy) is 3. The van der Waals surface area contributed by atoms with Gasteiger partial charge in [0, 0.05) is 23.2 Å². The summed E-state index contributed by atoms with van der Waals surface area (Å²) in [6.45, 7) is 0.715. The third-order valence-corrected chi connectivity index (χ3v) is 3.27. The fourth-order valence-electron chi connectivity index (χ4n) is 2.01. The summed E-state index contributed by atoms with van der Waals surface area (Å²) in [5.41, 5.74) is 7.55. The third kappa shape index (κ3) is 3.80. The molecule has 0 spiro atoms. The van der Waals surface area contributed by atoms with E-state index in [9.17, 15) is 0 Å². The molecule has 0 amide bonds. The first kappa shape index (κ1) is 15.5. The van der Waals surface area contributed by atoms with Crippen LogP contribution in [0.1, 0.15) is 11.1 Å². The summed E-state index contributed by atoms with van der Waals surface area (Å²) in [5, 5.41) is 0.570. The van der Waals surface area contributed by atoms with Gasteiger partial charge in [0.1, 0.15) is 12.4 Å². The second-order valence-corrected chi connectivity index (χ2v) is 4.88. The predicted octanol–water partition coefficient (Wildman–Crippen LogP) is 3.39. The second kappa shape index (κ2) is 7.20. The lowest BCUT2D eigenvalue weighted by molar-refractivity contribution is 0.281. The molecule has 2 rings (SSSR count). The Hall–Kier alpha value is -1.91. The minimum atomic E-state index is 0.324. The molecule has 0 atom stereocenters. The van der Waals surface area contributed by atoms with Crippen LogP contribution in [0.25, 0.3) is 0 Å². The summed E-state index contributed by atoms with van der Waals surface area (Å²) in [5.74, 6) is 1.98. The average molecular weight is 308 g/mol. The van der Waals surface area contributed by atoms with Gasteiger partial charge in [0.15, 0.2) is 11.5 Å². The molecule has 0 saturated carbocycles. The third-order valence-electron chi connectivity index (χ3n) is 3.05. The van der Waals surface area contributed by atoms with Crippen LogP contribution in [0.15, 0.2) is 36.4 Å². The smallest absolute Gasteiger partial charge is 0.166 e. The summed E-state index contributed by atoms with van der Waals surface area (Å²) in [4.78, 5) is 0. The van der Waals surface area contributed by atoms with Crippen LogP contribution >= 0.6 is 11.6 Å². The lowest BCUT2D eigenvalue weighted by Gasteiger charge is -2.15. The number of methoxy groups -OCH3 is 2. The molecule has 0 radical (unpaired) electrons. The van der Waals surface area contributed by atoms with Gasteiger partial charge < -0.3 is 19.9 Å². The van der Waals surface area contributed by atoms with Crippen molar-refractivity contribution >= 4 is 11.6 Å². The van der Waals surface area contributed by atoms with Crippen LogP contribution in [0.4, 0.5) is 0 Å². The summed E-state index contributed by atoms with van der Waals surface area (Å²) in [6, 6.07) is 11.2. The zero-order chi connectivity index (χ0) is 15.2. The standard InChI is InChI=1S/C16H18ClNO3/c1-19-14-5-3-4-11(6-14)10-21-16-12(9-18)7-13(17)8-15(16)20-2/h3-8H,9-10,18H2,1-2H3. The van der Waals surface area contributed by atoms with Crippen LogP contribution in [0, 0.1) is 0 Å². The van der Waals surface area contributed by atoms with E-state index in [-0.39, 0.29) is 0 Å². The number of nitrogens with two attached hydrogens (primary N) is 1. The van der Waals surface area contributed by atoms with Crippen LogP contribution in [0.2, 0.25) is 5.02 Å². The monoisotopic (exact) mass is 307 g/mol. The SMILES string of the molecule is COc1cccc(COc2c(CN)cc(Cl)cc2OC)c1. The first-order valence-electron chi connectivity index (χ1n) is 6.50. The van der Waals surface area contributed by atoms with Crippen molar-refractivity contribution in [2.45, 2.75) is 13.2 Å². The normalized spacial score (nSPS) is 10.3. The van der Waals surface area contributed by atoms with Crippen molar-refractivity contribution in [1.29, 1.82) is 0 Å². The second-order valence-electron chi connectivity index (χ2n) is 4.44. The van der Waals surface area contributed by atoms with E-state index in [4.69, 9.17) is 31.5 Å². The number of halogens is 1. The first-order valence-corrected chi connectivity index (χ1v) is 6.88. The molecule has 0 fully saturated rings. The Bertz CT molecular complexity index is 591. The molecular weight excluding hydrogens is 290 g/mol. The zero-order valence-corrected chi connectivity index (χ0v) is 12.8. The van der Waals surface area contributed by atoms with E-state index in [1.165, 1.54) is 0 Å².